The second-order valence-corrected chi connectivity index (χ2v) is 2.13. The van der Waals surface area contributed by atoms with E-state index in [2.05, 4.69) is 16.1 Å². The van der Waals surface area contributed by atoms with Gasteiger partial charge in [-0.25, -0.2) is 0 Å². The Morgan fingerprint density at radius 2 is 1.19 bits per heavy atom. The Kier molecular flexibility index (Phi) is 4.15. The van der Waals surface area contributed by atoms with Gasteiger partial charge in [-0.05, 0) is 6.58 Å². The molecule has 0 heterocycles. The second-order valence-electron chi connectivity index (χ2n) is 2.13. The van der Waals surface area contributed by atoms with Gasteiger partial charge in [-0.15, -0.1) is 0 Å². The van der Waals surface area contributed by atoms with E-state index in [9.17, 15) is 35.1 Å². The quantitative estimate of drug-likeness (QED) is 0.553. The molecular formula is C6H2F8O2. The van der Waals surface area contributed by atoms with Crippen LogP contribution in [0.5, 0.6) is 0 Å². The van der Waals surface area contributed by atoms with Crippen LogP contribution in [0.1, 0.15) is 0 Å². The van der Waals surface area contributed by atoms with Crippen molar-refractivity contribution in [1.82, 2.24) is 0 Å². The number of ether oxygens (including phenoxy) is 2. The predicted octanol–water partition coefficient (Wildman–Crippen LogP) is 3.68. The number of hydrogen-bond acceptors (Lipinski definition) is 2. The standard InChI is InChI=1S/C6H2F8O2/c1-2(7)15-5(11,12)6(13,14)16-4(10)3(8)9/h1H2. The Hall–Kier alpha value is -1.48. The van der Waals surface area contributed by atoms with E-state index in [1.54, 1.807) is 0 Å². The third kappa shape index (κ3) is 3.59. The van der Waals surface area contributed by atoms with Crippen molar-refractivity contribution in [2.75, 3.05) is 0 Å². The topological polar surface area (TPSA) is 18.5 Å². The number of rotatable bonds is 5. The maximum atomic E-state index is 12.3. The fourth-order valence-corrected chi connectivity index (χ4v) is 0.409. The van der Waals surface area contributed by atoms with Crippen LogP contribution in [0, 0.1) is 0 Å². The highest BCUT2D eigenvalue weighted by atomic mass is 19.3. The highest BCUT2D eigenvalue weighted by Crippen LogP contribution is 2.40. The lowest BCUT2D eigenvalue weighted by atomic mass is 10.5. The molecule has 0 aliphatic rings. The van der Waals surface area contributed by atoms with Crippen LogP contribution in [0.25, 0.3) is 0 Å². The summed E-state index contributed by atoms with van der Waals surface area (Å²) in [6, 6.07) is -5.57. The molecule has 0 aromatic rings. The van der Waals surface area contributed by atoms with Gasteiger partial charge in [-0.1, -0.05) is 0 Å². The average molecular weight is 258 g/mol. The lowest BCUT2D eigenvalue weighted by Crippen LogP contribution is -2.44. The Morgan fingerprint density at radius 3 is 1.50 bits per heavy atom. The Balaban J connectivity index is 4.90. The van der Waals surface area contributed by atoms with Gasteiger partial charge in [0.2, 0.25) is 0 Å². The van der Waals surface area contributed by atoms with Gasteiger partial charge >= 0.3 is 24.3 Å². The summed E-state index contributed by atoms with van der Waals surface area (Å²) in [6.45, 7) is 2.06. The van der Waals surface area contributed by atoms with Crippen LogP contribution < -0.4 is 0 Å². The van der Waals surface area contributed by atoms with Crippen molar-refractivity contribution < 1.29 is 44.6 Å². The molecule has 16 heavy (non-hydrogen) atoms. The minimum absolute atomic E-state index is 2.06. The van der Waals surface area contributed by atoms with E-state index in [-0.39, 0.29) is 0 Å². The molecule has 0 aromatic carbocycles. The van der Waals surface area contributed by atoms with E-state index >= 15 is 0 Å². The van der Waals surface area contributed by atoms with Gasteiger partial charge in [0, 0.05) is 0 Å². The molecule has 10 heteroatoms. The molecule has 0 amide bonds. The van der Waals surface area contributed by atoms with Crippen molar-refractivity contribution in [1.29, 1.82) is 0 Å². The molecule has 0 unspecified atom stereocenters. The summed E-state index contributed by atoms with van der Waals surface area (Å²) in [5, 5.41) is 0. The van der Waals surface area contributed by atoms with E-state index in [0.717, 1.165) is 0 Å². The number of hydrogen-bond donors (Lipinski definition) is 0. The Morgan fingerprint density at radius 1 is 0.812 bits per heavy atom. The zero-order valence-electron chi connectivity index (χ0n) is 7.05. The van der Waals surface area contributed by atoms with Gasteiger partial charge in [0.25, 0.3) is 6.01 Å². The zero-order valence-corrected chi connectivity index (χ0v) is 7.05. The summed E-state index contributed by atoms with van der Waals surface area (Å²) in [7, 11) is 0. The third-order valence-corrected chi connectivity index (χ3v) is 0.944. The fraction of sp³-hybridized carbons (Fsp3) is 0.333. The summed E-state index contributed by atoms with van der Waals surface area (Å²) >= 11 is 0. The van der Waals surface area contributed by atoms with E-state index in [4.69, 9.17) is 0 Å². The first-order chi connectivity index (χ1) is 6.99. The van der Waals surface area contributed by atoms with Crippen LogP contribution in [0.3, 0.4) is 0 Å². The van der Waals surface area contributed by atoms with Gasteiger partial charge in [-0.3, -0.25) is 0 Å². The third-order valence-electron chi connectivity index (χ3n) is 0.944. The van der Waals surface area contributed by atoms with Crippen LogP contribution in [-0.4, -0.2) is 12.2 Å². The first-order valence-electron chi connectivity index (χ1n) is 3.18. The van der Waals surface area contributed by atoms with Crippen molar-refractivity contribution in [3.63, 3.8) is 0 Å². The SMILES string of the molecule is C=C(F)OC(F)(F)C(F)(F)OC(F)=C(F)F. The van der Waals surface area contributed by atoms with E-state index in [1.807, 2.05) is 0 Å². The average Bonchev–Trinajstić information content (AvgIpc) is 1.99. The number of alkyl halides is 4. The van der Waals surface area contributed by atoms with Gasteiger partial charge in [0.05, 0.1) is 0 Å². The molecule has 0 aliphatic carbocycles. The van der Waals surface area contributed by atoms with E-state index in [1.165, 1.54) is 0 Å². The molecule has 94 valence electrons. The first kappa shape index (κ1) is 14.5. The fourth-order valence-electron chi connectivity index (χ4n) is 0.409. The summed E-state index contributed by atoms with van der Waals surface area (Å²) < 4.78 is 100.0. The summed E-state index contributed by atoms with van der Waals surface area (Å²) in [4.78, 5) is 0. The highest BCUT2D eigenvalue weighted by Gasteiger charge is 2.64. The Labute approximate surface area is 82.7 Å². The molecule has 0 spiro atoms. The minimum atomic E-state index is -5.84. The summed E-state index contributed by atoms with van der Waals surface area (Å²) in [6.07, 6.45) is -14.9. The predicted molar refractivity (Wildman–Crippen MR) is 32.7 cm³/mol. The normalized spacial score (nSPS) is 12.0. The lowest BCUT2D eigenvalue weighted by molar-refractivity contribution is -0.420. The molecule has 0 rings (SSSR count). The maximum absolute atomic E-state index is 12.3. The van der Waals surface area contributed by atoms with Crippen LogP contribution in [0.15, 0.2) is 24.7 Å². The summed E-state index contributed by atoms with van der Waals surface area (Å²) in [5.41, 5.74) is 0. The van der Waals surface area contributed by atoms with Crippen molar-refractivity contribution >= 4 is 0 Å². The van der Waals surface area contributed by atoms with E-state index < -0.39 is 30.3 Å². The zero-order chi connectivity index (χ0) is 13.1. The van der Waals surface area contributed by atoms with E-state index in [0.29, 0.717) is 0 Å². The van der Waals surface area contributed by atoms with Gasteiger partial charge < -0.3 is 9.47 Å². The smallest absolute Gasteiger partial charge is 0.399 e. The van der Waals surface area contributed by atoms with Gasteiger partial charge in [-0.2, -0.15) is 35.1 Å². The molecule has 0 saturated carbocycles. The Bertz CT molecular complexity index is 306. The molecule has 0 aliphatic heterocycles. The van der Waals surface area contributed by atoms with Gasteiger partial charge in [0.1, 0.15) is 0 Å². The lowest BCUT2D eigenvalue weighted by Gasteiger charge is -2.23. The monoisotopic (exact) mass is 258 g/mol. The molecule has 0 fully saturated rings. The molecule has 2 nitrogen and oxygen atoms in total. The van der Waals surface area contributed by atoms with Crippen LogP contribution in [-0.2, 0) is 9.47 Å². The highest BCUT2D eigenvalue weighted by molar-refractivity contribution is 4.85. The van der Waals surface area contributed by atoms with Crippen molar-refractivity contribution in [3.05, 3.63) is 24.7 Å². The number of halogens is 8. The molecule has 0 bridgehead atoms. The molecule has 0 aromatic heterocycles. The molecule has 0 atom stereocenters. The van der Waals surface area contributed by atoms with Crippen molar-refractivity contribution in [2.24, 2.45) is 0 Å². The first-order valence-corrected chi connectivity index (χ1v) is 3.18. The molecule has 0 radical (unpaired) electrons. The van der Waals surface area contributed by atoms with Crippen molar-refractivity contribution in [2.45, 2.75) is 12.2 Å². The second kappa shape index (κ2) is 4.58. The summed E-state index contributed by atoms with van der Waals surface area (Å²) in [5.74, 6) is 0. The van der Waals surface area contributed by atoms with Gasteiger partial charge in [0.15, 0.2) is 0 Å². The van der Waals surface area contributed by atoms with Crippen LogP contribution >= 0.6 is 0 Å². The van der Waals surface area contributed by atoms with Crippen LogP contribution in [0.2, 0.25) is 0 Å². The van der Waals surface area contributed by atoms with Crippen molar-refractivity contribution in [3.8, 4) is 0 Å². The maximum Gasteiger partial charge on any atom is 0.509 e. The molecular weight excluding hydrogens is 256 g/mol. The van der Waals surface area contributed by atoms with Crippen LogP contribution in [0.4, 0.5) is 35.1 Å². The molecule has 0 saturated heterocycles. The largest absolute Gasteiger partial charge is 0.509 e. The minimum Gasteiger partial charge on any atom is -0.399 e. The molecule has 0 N–H and O–H groups in total.